The Bertz CT molecular complexity index is 2100. The lowest BCUT2D eigenvalue weighted by Crippen LogP contribution is -2.43. The third-order valence-electron chi connectivity index (χ3n) is 12.0. The Labute approximate surface area is 315 Å². The first-order chi connectivity index (χ1) is 25.7. The highest BCUT2D eigenvalue weighted by Gasteiger charge is 2.49. The van der Waals surface area contributed by atoms with Crippen LogP contribution in [0.2, 0.25) is 16.6 Å². The van der Waals surface area contributed by atoms with Crippen molar-refractivity contribution < 1.29 is 32.9 Å². The zero-order valence-electron chi connectivity index (χ0n) is 31.9. The lowest BCUT2D eigenvalue weighted by Gasteiger charge is -2.38. The molecular weight excluding hydrogens is 712 g/mol. The topological polar surface area (TPSA) is 104 Å². The van der Waals surface area contributed by atoms with Gasteiger partial charge in [0.15, 0.2) is 5.82 Å². The summed E-state index contributed by atoms with van der Waals surface area (Å²) in [6.07, 6.45) is 1.72. The number of ether oxygens (including phenoxy) is 2. The van der Waals surface area contributed by atoms with E-state index in [9.17, 15) is 14.6 Å². The molecule has 0 spiro atoms. The predicted octanol–water partition coefficient (Wildman–Crippen LogP) is 7.55. The van der Waals surface area contributed by atoms with Gasteiger partial charge in [0.25, 0.3) is 0 Å². The first kappa shape index (κ1) is 38.3. The summed E-state index contributed by atoms with van der Waals surface area (Å²) < 4.78 is 59.7. The number of halogens is 3. The second-order valence-corrected chi connectivity index (χ2v) is 21.8. The van der Waals surface area contributed by atoms with Crippen LogP contribution in [0.4, 0.5) is 19.0 Å². The van der Waals surface area contributed by atoms with Crippen LogP contribution in [0, 0.1) is 23.1 Å². The molecule has 0 saturated carbocycles. The zero-order chi connectivity index (χ0) is 38.5. The van der Waals surface area contributed by atoms with Gasteiger partial charge in [-0.2, -0.15) is 9.97 Å². The van der Waals surface area contributed by atoms with Gasteiger partial charge in [0.05, 0.1) is 35.8 Å². The molecule has 9 nitrogen and oxygen atoms in total. The maximum atomic E-state index is 17.3. The molecule has 3 atom stereocenters. The number of aliphatic hydroxyl groups excluding tert-OH is 1. The van der Waals surface area contributed by atoms with E-state index in [-0.39, 0.29) is 59.2 Å². The predicted molar refractivity (Wildman–Crippen MR) is 207 cm³/mol. The molecule has 0 bridgehead atoms. The summed E-state index contributed by atoms with van der Waals surface area (Å²) >= 11 is 0. The first-order valence-corrected chi connectivity index (χ1v) is 21.3. The Kier molecular flexibility index (Phi) is 10.6. The molecule has 5 heterocycles. The number of aromatic hydroxyl groups is 1. The van der Waals surface area contributed by atoms with Crippen molar-refractivity contribution in [3.8, 4) is 34.5 Å². The van der Waals surface area contributed by atoms with Gasteiger partial charge < -0.3 is 24.6 Å². The van der Waals surface area contributed by atoms with Gasteiger partial charge in [0.2, 0.25) is 0 Å². The van der Waals surface area contributed by atoms with Crippen molar-refractivity contribution in [1.82, 2.24) is 19.9 Å². The van der Waals surface area contributed by atoms with Crippen LogP contribution in [0.5, 0.6) is 11.8 Å². The molecule has 0 radical (unpaired) electrons. The lowest BCUT2D eigenvalue weighted by molar-refractivity contribution is 0.0597. The molecule has 288 valence electrons. The number of pyridine rings is 1. The second kappa shape index (κ2) is 14.9. The number of benzene rings is 2. The van der Waals surface area contributed by atoms with Crippen molar-refractivity contribution in [2.45, 2.75) is 95.2 Å². The zero-order valence-corrected chi connectivity index (χ0v) is 32.9. The van der Waals surface area contributed by atoms with Crippen LogP contribution in [-0.4, -0.2) is 102 Å². The standard InChI is InChI=1S/C41H50F3N5O4Si/c1-24(2)54(25(3)4,26(5)6)15-10-31-34(43)9-8-27-16-29(50)17-32(35(27)31)37-36(44)38-33(19-45-37)39(48-13-14-52-22-30(51)21-48)47-40(46-38)53-23-41-11-7-12-49(41)20-28(42)18-41/h8-9,16-17,19,24-26,28,30,50-51H,7,11-14,18,20-23H2,1-6H3/t28-,30?,41+/m1/s1. The normalized spacial score (nSPS) is 22.4. The molecule has 2 aromatic carbocycles. The molecule has 2 aromatic heterocycles. The number of β-amino-alcohol motifs (C(OH)–C–C–N with tert-alkyl or cyclic N) is 1. The van der Waals surface area contributed by atoms with Crippen LogP contribution in [0.15, 0.2) is 30.5 Å². The van der Waals surface area contributed by atoms with Crippen LogP contribution in [0.3, 0.4) is 0 Å². The maximum Gasteiger partial charge on any atom is 0.319 e. The number of hydrogen-bond acceptors (Lipinski definition) is 9. The quantitative estimate of drug-likeness (QED) is 0.139. The minimum absolute atomic E-state index is 0.0903. The highest BCUT2D eigenvalue weighted by Crippen LogP contribution is 2.43. The van der Waals surface area contributed by atoms with E-state index >= 15 is 8.78 Å². The Morgan fingerprint density at radius 1 is 1.06 bits per heavy atom. The third kappa shape index (κ3) is 6.80. The van der Waals surface area contributed by atoms with Crippen molar-refractivity contribution in [2.24, 2.45) is 0 Å². The van der Waals surface area contributed by atoms with Crippen molar-refractivity contribution in [3.05, 3.63) is 47.7 Å². The molecule has 3 fully saturated rings. The molecule has 4 aromatic rings. The van der Waals surface area contributed by atoms with Gasteiger partial charge in [-0.15, -0.1) is 5.54 Å². The van der Waals surface area contributed by atoms with E-state index in [0.717, 1.165) is 19.4 Å². The molecule has 0 amide bonds. The van der Waals surface area contributed by atoms with E-state index in [1.165, 1.54) is 24.4 Å². The van der Waals surface area contributed by atoms with Gasteiger partial charge in [-0.1, -0.05) is 53.5 Å². The van der Waals surface area contributed by atoms with E-state index in [0.29, 0.717) is 59.3 Å². The average Bonchev–Trinajstić information content (AvgIpc) is 3.55. The Morgan fingerprint density at radius 3 is 2.56 bits per heavy atom. The Hall–Kier alpha value is -3.96. The number of hydrogen-bond donors (Lipinski definition) is 2. The summed E-state index contributed by atoms with van der Waals surface area (Å²) in [7, 11) is -2.30. The van der Waals surface area contributed by atoms with E-state index in [2.05, 4.69) is 67.9 Å². The van der Waals surface area contributed by atoms with Gasteiger partial charge in [-0.05, 0) is 59.6 Å². The number of fused-ring (bicyclic) bond motifs is 3. The minimum atomic E-state index is -2.30. The van der Waals surface area contributed by atoms with Crippen LogP contribution >= 0.6 is 0 Å². The van der Waals surface area contributed by atoms with Gasteiger partial charge >= 0.3 is 6.01 Å². The molecule has 3 aliphatic heterocycles. The molecule has 1 unspecified atom stereocenters. The van der Waals surface area contributed by atoms with Crippen molar-refractivity contribution in [3.63, 3.8) is 0 Å². The fraction of sp³-hybridized carbons (Fsp3) is 0.537. The van der Waals surface area contributed by atoms with Crippen molar-refractivity contribution in [1.29, 1.82) is 0 Å². The number of rotatable bonds is 8. The first-order valence-electron chi connectivity index (χ1n) is 19.1. The van der Waals surface area contributed by atoms with E-state index in [4.69, 9.17) is 14.5 Å². The van der Waals surface area contributed by atoms with E-state index < -0.39 is 37.5 Å². The van der Waals surface area contributed by atoms with E-state index in [1.54, 1.807) is 11.0 Å². The molecule has 3 aliphatic rings. The van der Waals surface area contributed by atoms with Crippen LogP contribution in [0.25, 0.3) is 32.9 Å². The third-order valence-corrected chi connectivity index (χ3v) is 18.3. The summed E-state index contributed by atoms with van der Waals surface area (Å²) in [4.78, 5) is 17.8. The number of phenolic OH excluding ortho intramolecular Hbond substituents is 1. The number of aliphatic hydroxyl groups is 1. The van der Waals surface area contributed by atoms with Gasteiger partial charge in [-0.3, -0.25) is 9.88 Å². The monoisotopic (exact) mass is 761 g/mol. The minimum Gasteiger partial charge on any atom is -0.508 e. The molecule has 54 heavy (non-hydrogen) atoms. The molecule has 13 heteroatoms. The molecule has 0 aliphatic carbocycles. The number of aromatic nitrogens is 3. The summed E-state index contributed by atoms with van der Waals surface area (Å²) in [6.45, 7) is 15.3. The molecule has 7 rings (SSSR count). The number of alkyl halides is 1. The summed E-state index contributed by atoms with van der Waals surface area (Å²) in [5.41, 5.74) is 4.07. The molecular formula is C41H50F3N5O4Si. The van der Waals surface area contributed by atoms with Gasteiger partial charge in [0.1, 0.15) is 49.4 Å². The van der Waals surface area contributed by atoms with Gasteiger partial charge in [-0.25, -0.2) is 13.2 Å². The van der Waals surface area contributed by atoms with Crippen LogP contribution < -0.4 is 9.64 Å². The Morgan fingerprint density at radius 2 is 1.81 bits per heavy atom. The summed E-state index contributed by atoms with van der Waals surface area (Å²) in [5, 5.41) is 22.6. The van der Waals surface area contributed by atoms with E-state index in [1.807, 2.05) is 0 Å². The fourth-order valence-corrected chi connectivity index (χ4v) is 14.7. The lowest BCUT2D eigenvalue weighted by atomic mass is 9.95. The second-order valence-electron chi connectivity index (χ2n) is 16.2. The highest BCUT2D eigenvalue weighted by molar-refractivity contribution is 6.90. The van der Waals surface area contributed by atoms with Crippen molar-refractivity contribution in [2.75, 3.05) is 50.9 Å². The number of anilines is 1. The number of nitrogens with zero attached hydrogens (tertiary/aromatic N) is 5. The Balaban J connectivity index is 1.41. The van der Waals surface area contributed by atoms with Crippen molar-refractivity contribution >= 4 is 35.6 Å². The fourth-order valence-electron chi connectivity index (χ4n) is 9.49. The average molecular weight is 762 g/mol. The number of phenols is 1. The highest BCUT2D eigenvalue weighted by atomic mass is 28.3. The van der Waals surface area contributed by atoms with Crippen LogP contribution in [-0.2, 0) is 4.74 Å². The smallest absolute Gasteiger partial charge is 0.319 e. The maximum absolute atomic E-state index is 17.3. The van der Waals surface area contributed by atoms with Gasteiger partial charge in [0, 0.05) is 43.2 Å². The molecule has 2 N–H and O–H groups in total. The summed E-state index contributed by atoms with van der Waals surface area (Å²) in [6, 6.07) is 5.67. The largest absolute Gasteiger partial charge is 0.508 e. The van der Waals surface area contributed by atoms with Crippen LogP contribution in [0.1, 0.15) is 66.4 Å². The SMILES string of the molecule is CC(C)[Si](C#Cc1c(F)ccc2cc(O)cc(-c3ncc4c(N5CCOCC(O)C5)nc(OC[C@@]56CCCN5C[C@H](F)C6)nc4c3F)c12)(C(C)C)C(C)C. The summed E-state index contributed by atoms with van der Waals surface area (Å²) in [5.74, 6) is 2.05. The molecule has 3 saturated heterocycles.